The SMILES string of the molecule is CCCCCCCCCCCCCCCC[N+]([O-])(CO)CO. The van der Waals surface area contributed by atoms with E-state index in [0.29, 0.717) is 6.54 Å². The molecule has 0 aromatic carbocycles. The molecule has 22 heavy (non-hydrogen) atoms. The Bertz CT molecular complexity index is 220. The lowest BCUT2D eigenvalue weighted by molar-refractivity contribution is -0.917. The molecule has 0 saturated carbocycles. The molecule has 0 aromatic rings. The Labute approximate surface area is 137 Å². The number of nitrogens with zero attached hydrogens (tertiary/aromatic N) is 1. The van der Waals surface area contributed by atoms with Gasteiger partial charge in [-0.15, -0.1) is 0 Å². The number of unbranched alkanes of at least 4 members (excludes halogenated alkanes) is 13. The quantitative estimate of drug-likeness (QED) is 0.177. The van der Waals surface area contributed by atoms with Crippen LogP contribution in [0.15, 0.2) is 0 Å². The molecule has 0 rings (SSSR count). The maximum absolute atomic E-state index is 11.6. The number of hydrogen-bond acceptors (Lipinski definition) is 3. The average Bonchev–Trinajstić information content (AvgIpc) is 2.55. The fourth-order valence-corrected chi connectivity index (χ4v) is 2.78. The van der Waals surface area contributed by atoms with Crippen molar-refractivity contribution >= 4 is 0 Å². The van der Waals surface area contributed by atoms with Crippen molar-refractivity contribution in [2.24, 2.45) is 0 Å². The molecule has 0 heterocycles. The van der Waals surface area contributed by atoms with Gasteiger partial charge >= 0.3 is 0 Å². The zero-order chi connectivity index (χ0) is 16.5. The van der Waals surface area contributed by atoms with Crippen molar-refractivity contribution in [3.8, 4) is 0 Å². The average molecular weight is 318 g/mol. The number of rotatable bonds is 17. The van der Waals surface area contributed by atoms with Crippen LogP contribution in [0.2, 0.25) is 0 Å². The lowest BCUT2D eigenvalue weighted by Gasteiger charge is -2.38. The molecule has 0 saturated heterocycles. The summed E-state index contributed by atoms with van der Waals surface area (Å²) in [5.74, 6) is 0. The minimum absolute atomic E-state index is 0.324. The van der Waals surface area contributed by atoms with Crippen molar-refractivity contribution < 1.29 is 14.9 Å². The lowest BCUT2D eigenvalue weighted by Crippen LogP contribution is -2.44. The Hall–Kier alpha value is -0.160. The maximum atomic E-state index is 11.6. The van der Waals surface area contributed by atoms with E-state index in [4.69, 9.17) is 10.2 Å². The van der Waals surface area contributed by atoms with E-state index in [1.165, 1.54) is 70.6 Å². The summed E-state index contributed by atoms with van der Waals surface area (Å²) in [5, 5.41) is 29.4. The predicted molar refractivity (Wildman–Crippen MR) is 93.0 cm³/mol. The second-order valence-corrected chi connectivity index (χ2v) is 6.66. The number of hydroxylamine groups is 3. The van der Waals surface area contributed by atoms with Crippen LogP contribution in [-0.4, -0.2) is 34.9 Å². The van der Waals surface area contributed by atoms with Crippen molar-refractivity contribution in [3.63, 3.8) is 0 Å². The Morgan fingerprint density at radius 2 is 0.909 bits per heavy atom. The number of aliphatic hydroxyl groups excluding tert-OH is 2. The molecule has 4 nitrogen and oxygen atoms in total. The second kappa shape index (κ2) is 15.7. The fourth-order valence-electron chi connectivity index (χ4n) is 2.78. The summed E-state index contributed by atoms with van der Waals surface area (Å²) in [6.45, 7) is 1.55. The van der Waals surface area contributed by atoms with Crippen LogP contribution in [0, 0.1) is 5.21 Å². The first kappa shape index (κ1) is 21.8. The van der Waals surface area contributed by atoms with E-state index >= 15 is 0 Å². The van der Waals surface area contributed by atoms with Crippen molar-refractivity contribution in [2.45, 2.75) is 96.8 Å². The van der Waals surface area contributed by atoms with Crippen LogP contribution in [0.5, 0.6) is 0 Å². The zero-order valence-corrected chi connectivity index (χ0v) is 14.8. The molecule has 0 aliphatic carbocycles. The van der Waals surface area contributed by atoms with E-state index in [9.17, 15) is 5.21 Å². The summed E-state index contributed by atoms with van der Waals surface area (Å²) in [7, 11) is 0. The summed E-state index contributed by atoms with van der Waals surface area (Å²) in [6, 6.07) is 0. The van der Waals surface area contributed by atoms with Gasteiger partial charge in [-0.3, -0.25) is 0 Å². The van der Waals surface area contributed by atoms with Gasteiger partial charge in [0.2, 0.25) is 0 Å². The molecule has 0 radical (unpaired) electrons. The van der Waals surface area contributed by atoms with Gasteiger partial charge in [-0.2, -0.15) is 0 Å². The smallest absolute Gasteiger partial charge is 0.181 e. The van der Waals surface area contributed by atoms with Crippen molar-refractivity contribution in [1.29, 1.82) is 0 Å². The fraction of sp³-hybridized carbons (Fsp3) is 1.00. The minimum atomic E-state index is -0.877. The van der Waals surface area contributed by atoms with E-state index < -0.39 is 18.1 Å². The number of quaternary nitrogens is 1. The lowest BCUT2D eigenvalue weighted by atomic mass is 10.0. The zero-order valence-electron chi connectivity index (χ0n) is 14.8. The first-order valence-electron chi connectivity index (χ1n) is 9.47. The van der Waals surface area contributed by atoms with E-state index in [-0.39, 0.29) is 0 Å². The summed E-state index contributed by atoms with van der Waals surface area (Å²) < 4.78 is -0.877. The van der Waals surface area contributed by atoms with Gasteiger partial charge in [-0.05, 0) is 12.8 Å². The third kappa shape index (κ3) is 13.5. The standard InChI is InChI=1S/C18H39NO3/c1-2-3-4-5-6-7-8-9-10-11-12-13-14-15-16-19(22,17-20)18-21/h20-21H,2-18H2,1H3. The largest absolute Gasteiger partial charge is 0.629 e. The monoisotopic (exact) mass is 317 g/mol. The molecule has 0 aromatic heterocycles. The van der Waals surface area contributed by atoms with Crippen LogP contribution >= 0.6 is 0 Å². The summed E-state index contributed by atoms with van der Waals surface area (Å²) in [5.41, 5.74) is 0. The van der Waals surface area contributed by atoms with E-state index in [0.717, 1.165) is 19.3 Å². The Morgan fingerprint density at radius 1 is 0.591 bits per heavy atom. The highest BCUT2D eigenvalue weighted by molar-refractivity contribution is 4.49. The molecule has 0 atom stereocenters. The highest BCUT2D eigenvalue weighted by atomic mass is 16.6. The van der Waals surface area contributed by atoms with Gasteiger partial charge in [0.25, 0.3) is 0 Å². The normalized spacial score (nSPS) is 12.0. The first-order valence-corrected chi connectivity index (χ1v) is 9.47. The molecular formula is C18H39NO3. The third-order valence-corrected chi connectivity index (χ3v) is 4.43. The van der Waals surface area contributed by atoms with Gasteiger partial charge in [0.05, 0.1) is 6.54 Å². The molecule has 0 bridgehead atoms. The second-order valence-electron chi connectivity index (χ2n) is 6.66. The van der Waals surface area contributed by atoms with Crippen molar-refractivity contribution in [2.75, 3.05) is 20.0 Å². The third-order valence-electron chi connectivity index (χ3n) is 4.43. The Morgan fingerprint density at radius 3 is 1.23 bits per heavy atom. The van der Waals surface area contributed by atoms with E-state index in [1.807, 2.05) is 0 Å². The van der Waals surface area contributed by atoms with Gasteiger partial charge in [-0.1, -0.05) is 84.0 Å². The van der Waals surface area contributed by atoms with Gasteiger partial charge in [-0.25, -0.2) is 0 Å². The molecule has 4 heteroatoms. The van der Waals surface area contributed by atoms with E-state index in [1.54, 1.807) is 0 Å². The van der Waals surface area contributed by atoms with Crippen molar-refractivity contribution in [3.05, 3.63) is 5.21 Å². The van der Waals surface area contributed by atoms with Gasteiger partial charge in [0.1, 0.15) is 0 Å². The first-order chi connectivity index (χ1) is 10.7. The maximum Gasteiger partial charge on any atom is 0.181 e. The molecule has 0 aliphatic rings. The Balaban J connectivity index is 3.14. The van der Waals surface area contributed by atoms with Gasteiger partial charge < -0.3 is 20.1 Å². The van der Waals surface area contributed by atoms with Crippen LogP contribution in [0.1, 0.15) is 96.8 Å². The van der Waals surface area contributed by atoms with Gasteiger partial charge in [0.15, 0.2) is 13.5 Å². The van der Waals surface area contributed by atoms with Crippen molar-refractivity contribution in [1.82, 2.24) is 0 Å². The molecule has 0 amide bonds. The molecular weight excluding hydrogens is 278 g/mol. The molecule has 0 spiro atoms. The Kier molecular flexibility index (Phi) is 15.6. The molecule has 0 aliphatic heterocycles. The molecule has 0 unspecified atom stereocenters. The number of aliphatic hydroxyl groups is 2. The van der Waals surface area contributed by atoms with Crippen LogP contribution in [0.3, 0.4) is 0 Å². The summed E-state index contributed by atoms with van der Waals surface area (Å²) >= 11 is 0. The van der Waals surface area contributed by atoms with Crippen LogP contribution in [0.4, 0.5) is 0 Å². The molecule has 2 N–H and O–H groups in total. The predicted octanol–water partition coefficient (Wildman–Crippen LogP) is 4.68. The highest BCUT2D eigenvalue weighted by Gasteiger charge is 2.12. The topological polar surface area (TPSA) is 63.5 Å². The van der Waals surface area contributed by atoms with Crippen LogP contribution < -0.4 is 0 Å². The minimum Gasteiger partial charge on any atom is -0.629 e. The summed E-state index contributed by atoms with van der Waals surface area (Å²) in [6.07, 6.45) is 18.0. The number of hydrogen-bond donors (Lipinski definition) is 2. The van der Waals surface area contributed by atoms with E-state index in [2.05, 4.69) is 6.92 Å². The highest BCUT2D eigenvalue weighted by Crippen LogP contribution is 2.13. The van der Waals surface area contributed by atoms with Gasteiger partial charge in [0, 0.05) is 0 Å². The van der Waals surface area contributed by atoms with Crippen LogP contribution in [-0.2, 0) is 0 Å². The molecule has 0 fully saturated rings. The molecule has 134 valence electrons. The summed E-state index contributed by atoms with van der Waals surface area (Å²) in [4.78, 5) is 0. The van der Waals surface area contributed by atoms with Crippen LogP contribution in [0.25, 0.3) is 0 Å².